The molecule has 3 rings (SSSR count). The molecule has 2 aromatic rings. The summed E-state index contributed by atoms with van der Waals surface area (Å²) < 4.78 is 5.82. The van der Waals surface area contributed by atoms with Crippen molar-refractivity contribution in [2.75, 3.05) is 25.0 Å². The quantitative estimate of drug-likeness (QED) is 0.375. The molecule has 1 aliphatic heterocycles. The maximum atomic E-state index is 5.82. The molecule has 0 bridgehead atoms. The molecular formula is C21H32IN5O. The van der Waals surface area contributed by atoms with Gasteiger partial charge in [0.15, 0.2) is 5.96 Å². The molecular weight excluding hydrogens is 465 g/mol. The number of aliphatic imine (C=N–C) groups is 1. The lowest BCUT2D eigenvalue weighted by molar-refractivity contribution is 0.379. The number of nitrogens with one attached hydrogen (secondary N) is 2. The molecule has 2 N–H and O–H groups in total. The fourth-order valence-electron chi connectivity index (χ4n) is 3.38. The lowest BCUT2D eigenvalue weighted by Crippen LogP contribution is -2.42. The number of rotatable bonds is 5. The second-order valence-corrected chi connectivity index (χ2v) is 8.10. The van der Waals surface area contributed by atoms with Gasteiger partial charge in [-0.05, 0) is 25.0 Å². The van der Waals surface area contributed by atoms with Crippen molar-refractivity contribution in [1.29, 1.82) is 0 Å². The van der Waals surface area contributed by atoms with Crippen molar-refractivity contribution >= 4 is 35.6 Å². The van der Waals surface area contributed by atoms with Crippen molar-refractivity contribution in [1.82, 2.24) is 15.6 Å². The number of hydrogen-bond acceptors (Lipinski definition) is 4. The van der Waals surface area contributed by atoms with Crippen LogP contribution in [0.15, 0.2) is 39.9 Å². The molecule has 0 aliphatic carbocycles. The molecule has 28 heavy (non-hydrogen) atoms. The summed E-state index contributed by atoms with van der Waals surface area (Å²) in [4.78, 5) is 11.1. The average Bonchev–Trinajstić information content (AvgIpc) is 3.22. The Morgan fingerprint density at radius 1 is 1.29 bits per heavy atom. The normalized spacial score (nSPS) is 16.5. The Bertz CT molecular complexity index is 796. The van der Waals surface area contributed by atoms with E-state index in [9.17, 15) is 0 Å². The van der Waals surface area contributed by atoms with E-state index in [2.05, 4.69) is 77.5 Å². The van der Waals surface area contributed by atoms with Crippen LogP contribution in [0.3, 0.4) is 0 Å². The van der Waals surface area contributed by atoms with E-state index in [1.165, 1.54) is 11.3 Å². The maximum absolute atomic E-state index is 5.82. The highest BCUT2D eigenvalue weighted by molar-refractivity contribution is 14.0. The van der Waals surface area contributed by atoms with Gasteiger partial charge in [-0.3, -0.25) is 4.99 Å². The van der Waals surface area contributed by atoms with Crippen molar-refractivity contribution in [3.05, 3.63) is 47.7 Å². The number of fused-ring (bicyclic) bond motifs is 1. The summed E-state index contributed by atoms with van der Waals surface area (Å²) in [6.45, 7) is 10.9. The molecule has 0 saturated carbocycles. The lowest BCUT2D eigenvalue weighted by atomic mass is 9.94. The molecule has 1 aliphatic rings. The minimum atomic E-state index is -0.0338. The van der Waals surface area contributed by atoms with Crippen molar-refractivity contribution in [3.8, 4) is 0 Å². The number of halogens is 1. The topological polar surface area (TPSA) is 65.7 Å². The minimum absolute atomic E-state index is 0. The first-order chi connectivity index (χ1) is 12.9. The number of nitrogens with zero attached hydrogens (tertiary/aromatic N) is 3. The van der Waals surface area contributed by atoms with Gasteiger partial charge in [-0.1, -0.05) is 39.0 Å². The molecule has 0 spiro atoms. The van der Waals surface area contributed by atoms with E-state index in [-0.39, 0.29) is 29.4 Å². The molecule has 154 valence electrons. The third kappa shape index (κ3) is 5.40. The Kier molecular flexibility index (Phi) is 7.74. The van der Waals surface area contributed by atoms with Crippen molar-refractivity contribution in [3.63, 3.8) is 0 Å². The van der Waals surface area contributed by atoms with Crippen LogP contribution >= 0.6 is 24.0 Å². The number of oxazole rings is 1. The summed E-state index contributed by atoms with van der Waals surface area (Å²) >= 11 is 0. The Morgan fingerprint density at radius 2 is 2.04 bits per heavy atom. The summed E-state index contributed by atoms with van der Waals surface area (Å²) in [6, 6.07) is 9.19. The zero-order valence-electron chi connectivity index (χ0n) is 17.5. The molecule has 0 fully saturated rings. The van der Waals surface area contributed by atoms with Gasteiger partial charge in [0.25, 0.3) is 0 Å². The summed E-state index contributed by atoms with van der Waals surface area (Å²) in [5.74, 6) is 2.32. The summed E-state index contributed by atoms with van der Waals surface area (Å²) in [7, 11) is 1.78. The highest BCUT2D eigenvalue weighted by Gasteiger charge is 2.24. The first-order valence-corrected chi connectivity index (χ1v) is 9.62. The van der Waals surface area contributed by atoms with Gasteiger partial charge in [-0.15, -0.1) is 24.0 Å². The number of guanidine groups is 1. The fourth-order valence-corrected chi connectivity index (χ4v) is 3.38. The second kappa shape index (κ2) is 9.62. The molecule has 2 heterocycles. The van der Waals surface area contributed by atoms with Crippen LogP contribution in [0.5, 0.6) is 0 Å². The number of benzene rings is 1. The predicted molar refractivity (Wildman–Crippen MR) is 126 cm³/mol. The first kappa shape index (κ1) is 22.5. The number of hydrogen-bond donors (Lipinski definition) is 2. The Labute approximate surface area is 185 Å². The second-order valence-electron chi connectivity index (χ2n) is 8.10. The van der Waals surface area contributed by atoms with Crippen LogP contribution in [-0.2, 0) is 18.4 Å². The highest BCUT2D eigenvalue weighted by Crippen LogP contribution is 2.31. The molecule has 7 heteroatoms. The van der Waals surface area contributed by atoms with Gasteiger partial charge < -0.3 is 20.0 Å². The minimum Gasteiger partial charge on any atom is -0.443 e. The highest BCUT2D eigenvalue weighted by atomic mass is 127. The van der Waals surface area contributed by atoms with E-state index in [1.54, 1.807) is 13.2 Å². The average molecular weight is 497 g/mol. The summed E-state index contributed by atoms with van der Waals surface area (Å²) in [5, 5.41) is 6.65. The standard InChI is InChI=1S/C21H31N5O.HI/c1-15-12-16-8-6-7-9-17(16)26(15)11-10-23-20(22-5)25-14-19-24-13-18(27-19)21(2,3)4;/h6-9,13,15H,10-12,14H2,1-5H3,(H2,22,23,25);1H. The molecule has 0 saturated heterocycles. The Morgan fingerprint density at radius 3 is 2.71 bits per heavy atom. The van der Waals surface area contributed by atoms with E-state index in [0.29, 0.717) is 18.5 Å². The smallest absolute Gasteiger partial charge is 0.213 e. The van der Waals surface area contributed by atoms with Gasteiger partial charge in [0.05, 0.1) is 12.7 Å². The largest absolute Gasteiger partial charge is 0.443 e. The Balaban J connectivity index is 0.00000280. The third-order valence-corrected chi connectivity index (χ3v) is 4.92. The van der Waals surface area contributed by atoms with Crippen LogP contribution in [0.4, 0.5) is 5.69 Å². The molecule has 1 aromatic heterocycles. The maximum Gasteiger partial charge on any atom is 0.213 e. The molecule has 1 atom stereocenters. The lowest BCUT2D eigenvalue weighted by Gasteiger charge is -2.25. The monoisotopic (exact) mass is 497 g/mol. The molecule has 1 aromatic carbocycles. The van der Waals surface area contributed by atoms with Crippen LogP contribution in [-0.4, -0.2) is 37.1 Å². The van der Waals surface area contributed by atoms with Crippen molar-refractivity contribution in [2.45, 2.75) is 52.1 Å². The molecule has 6 nitrogen and oxygen atoms in total. The number of aromatic nitrogens is 1. The predicted octanol–water partition coefficient (Wildman–Crippen LogP) is 3.71. The zero-order chi connectivity index (χ0) is 19.4. The van der Waals surface area contributed by atoms with Gasteiger partial charge in [-0.25, -0.2) is 4.98 Å². The van der Waals surface area contributed by atoms with Gasteiger partial charge in [0.1, 0.15) is 5.76 Å². The number of para-hydroxylation sites is 1. The van der Waals surface area contributed by atoms with Gasteiger partial charge in [0.2, 0.25) is 5.89 Å². The van der Waals surface area contributed by atoms with E-state index in [0.717, 1.165) is 31.2 Å². The van der Waals surface area contributed by atoms with Crippen LogP contribution < -0.4 is 15.5 Å². The van der Waals surface area contributed by atoms with Gasteiger partial charge >= 0.3 is 0 Å². The SMILES string of the molecule is CN=C(NCCN1c2ccccc2CC1C)NCc1ncc(C(C)(C)C)o1.I. The van der Waals surface area contributed by atoms with Crippen molar-refractivity contribution in [2.24, 2.45) is 4.99 Å². The molecule has 0 radical (unpaired) electrons. The zero-order valence-corrected chi connectivity index (χ0v) is 19.8. The Hall–Kier alpha value is -1.77. The van der Waals surface area contributed by atoms with E-state index in [4.69, 9.17) is 4.42 Å². The van der Waals surface area contributed by atoms with E-state index in [1.807, 2.05) is 0 Å². The van der Waals surface area contributed by atoms with Crippen LogP contribution in [0.25, 0.3) is 0 Å². The summed E-state index contributed by atoms with van der Waals surface area (Å²) in [5.41, 5.74) is 2.75. The summed E-state index contributed by atoms with van der Waals surface area (Å²) in [6.07, 6.45) is 2.92. The first-order valence-electron chi connectivity index (χ1n) is 9.62. The van der Waals surface area contributed by atoms with E-state index < -0.39 is 0 Å². The fraction of sp³-hybridized carbons (Fsp3) is 0.524. The third-order valence-electron chi connectivity index (χ3n) is 4.92. The van der Waals surface area contributed by atoms with E-state index >= 15 is 0 Å². The molecule has 1 unspecified atom stereocenters. The van der Waals surface area contributed by atoms with Gasteiger partial charge in [-0.2, -0.15) is 0 Å². The van der Waals surface area contributed by atoms with Crippen molar-refractivity contribution < 1.29 is 4.42 Å². The van der Waals surface area contributed by atoms with Gasteiger partial charge in [0, 0.05) is 37.3 Å². The van der Waals surface area contributed by atoms with Crippen LogP contribution in [0.2, 0.25) is 0 Å². The number of anilines is 1. The van der Waals surface area contributed by atoms with Crippen LogP contribution in [0, 0.1) is 0 Å². The molecule has 0 amide bonds. The van der Waals surface area contributed by atoms with Crippen LogP contribution in [0.1, 0.15) is 44.9 Å².